The molecule has 0 bridgehead atoms. The monoisotopic (exact) mass is 472 g/mol. The van der Waals surface area contributed by atoms with Crippen LogP contribution < -0.4 is 9.80 Å². The van der Waals surface area contributed by atoms with Crippen molar-refractivity contribution < 1.29 is 4.79 Å². The predicted molar refractivity (Wildman–Crippen MR) is 152 cm³/mol. The predicted octanol–water partition coefficient (Wildman–Crippen LogP) is 7.48. The molecule has 2 heterocycles. The molecule has 0 aliphatic carbocycles. The molecule has 4 aromatic carbocycles. The Morgan fingerprint density at radius 2 is 1.00 bits per heavy atom. The SMILES string of the molecule is CN1C(=CC(=O)C=C2N(C)c3ccc4ccccc4c3C2(C)C)C(C)(C)c2c1ccc1ccccc21. The molecule has 0 N–H and O–H groups in total. The minimum atomic E-state index is -0.282. The summed E-state index contributed by atoms with van der Waals surface area (Å²) in [7, 11) is 4.14. The first kappa shape index (κ1) is 22.6. The topological polar surface area (TPSA) is 23.6 Å². The fraction of sp³-hybridized carbons (Fsp3) is 0.242. The average Bonchev–Trinajstić information content (AvgIpc) is 3.18. The molecule has 0 atom stereocenters. The third kappa shape index (κ3) is 3.02. The molecule has 2 aliphatic heterocycles. The quantitative estimate of drug-likeness (QED) is 0.283. The maximum Gasteiger partial charge on any atom is 0.182 e. The van der Waals surface area contributed by atoms with Crippen molar-refractivity contribution in [3.63, 3.8) is 0 Å². The van der Waals surface area contributed by atoms with Crippen molar-refractivity contribution in [2.45, 2.75) is 38.5 Å². The van der Waals surface area contributed by atoms with Crippen molar-refractivity contribution in [3.05, 3.63) is 107 Å². The number of benzene rings is 4. The molecule has 3 heteroatoms. The van der Waals surface area contributed by atoms with Crippen molar-refractivity contribution in [1.29, 1.82) is 0 Å². The molecule has 2 aliphatic rings. The van der Waals surface area contributed by atoms with Crippen molar-refractivity contribution in [2.24, 2.45) is 0 Å². The highest BCUT2D eigenvalue weighted by atomic mass is 16.1. The zero-order chi connectivity index (χ0) is 25.4. The molecule has 0 spiro atoms. The summed E-state index contributed by atoms with van der Waals surface area (Å²) in [6, 6.07) is 25.7. The Kier molecular flexibility index (Phi) is 4.75. The van der Waals surface area contributed by atoms with Crippen LogP contribution >= 0.6 is 0 Å². The molecule has 0 unspecified atom stereocenters. The Morgan fingerprint density at radius 1 is 0.611 bits per heavy atom. The minimum Gasteiger partial charge on any atom is -0.347 e. The van der Waals surface area contributed by atoms with Gasteiger partial charge in [-0.3, -0.25) is 4.79 Å². The standard InChI is InChI=1S/C33H32N2O/c1-32(2)28(34(5)26-17-15-21-11-7-9-13-24(21)30(26)32)19-23(36)20-29-33(3,4)31-25-14-10-8-12-22(25)16-18-27(31)35(29)6/h7-20H,1-6H3. The summed E-state index contributed by atoms with van der Waals surface area (Å²) >= 11 is 0. The molecular formula is C33H32N2O. The van der Waals surface area contributed by atoms with E-state index in [4.69, 9.17) is 0 Å². The normalized spacial score (nSPS) is 19.9. The Bertz CT molecular complexity index is 1520. The summed E-state index contributed by atoms with van der Waals surface area (Å²) < 4.78 is 0. The van der Waals surface area contributed by atoms with Gasteiger partial charge in [0.2, 0.25) is 0 Å². The number of allylic oxidation sites excluding steroid dienone is 4. The lowest BCUT2D eigenvalue weighted by Gasteiger charge is -2.25. The number of nitrogens with zero attached hydrogens (tertiary/aromatic N) is 2. The summed E-state index contributed by atoms with van der Waals surface area (Å²) in [5.74, 6) is 0.0223. The lowest BCUT2D eigenvalue weighted by molar-refractivity contribution is -0.110. The van der Waals surface area contributed by atoms with Crippen molar-refractivity contribution in [1.82, 2.24) is 0 Å². The van der Waals surface area contributed by atoms with E-state index in [9.17, 15) is 4.79 Å². The number of hydrogen-bond donors (Lipinski definition) is 0. The summed E-state index contributed by atoms with van der Waals surface area (Å²) in [5, 5.41) is 4.96. The largest absolute Gasteiger partial charge is 0.347 e. The molecule has 0 saturated heterocycles. The fourth-order valence-electron chi connectivity index (χ4n) is 6.61. The van der Waals surface area contributed by atoms with Gasteiger partial charge in [-0.15, -0.1) is 0 Å². The van der Waals surface area contributed by atoms with E-state index in [1.807, 2.05) is 12.2 Å². The summed E-state index contributed by atoms with van der Waals surface area (Å²) in [6.45, 7) is 8.90. The van der Waals surface area contributed by atoms with Gasteiger partial charge in [0.05, 0.1) is 0 Å². The van der Waals surface area contributed by atoms with Crippen LogP contribution in [-0.4, -0.2) is 19.9 Å². The van der Waals surface area contributed by atoms with Crippen LogP contribution in [-0.2, 0) is 15.6 Å². The maximum absolute atomic E-state index is 13.6. The van der Waals surface area contributed by atoms with Crippen molar-refractivity contribution >= 4 is 38.7 Å². The Labute approximate surface area is 213 Å². The van der Waals surface area contributed by atoms with Gasteiger partial charge in [-0.05, 0) is 44.8 Å². The van der Waals surface area contributed by atoms with Gasteiger partial charge in [0, 0.05) is 59.8 Å². The highest BCUT2D eigenvalue weighted by Crippen LogP contribution is 2.51. The van der Waals surface area contributed by atoms with Crippen LogP contribution in [0.25, 0.3) is 21.5 Å². The van der Waals surface area contributed by atoms with E-state index >= 15 is 0 Å². The number of hydrogen-bond acceptors (Lipinski definition) is 3. The number of carbonyl (C=O) groups excluding carboxylic acids is 1. The van der Waals surface area contributed by atoms with Gasteiger partial charge in [-0.25, -0.2) is 0 Å². The first-order valence-electron chi connectivity index (χ1n) is 12.6. The lowest BCUT2D eigenvalue weighted by atomic mass is 9.80. The third-order valence-electron chi connectivity index (χ3n) is 8.35. The molecule has 3 nitrogen and oxygen atoms in total. The van der Waals surface area contributed by atoms with Crippen LogP contribution in [0.15, 0.2) is 96.3 Å². The molecule has 0 saturated carbocycles. The zero-order valence-corrected chi connectivity index (χ0v) is 21.9. The molecular weight excluding hydrogens is 440 g/mol. The van der Waals surface area contributed by atoms with Crippen LogP contribution in [0.2, 0.25) is 0 Å². The van der Waals surface area contributed by atoms with E-state index < -0.39 is 0 Å². The van der Waals surface area contributed by atoms with Gasteiger partial charge >= 0.3 is 0 Å². The van der Waals surface area contributed by atoms with Crippen LogP contribution in [0, 0.1) is 0 Å². The number of fused-ring (bicyclic) bond motifs is 6. The highest BCUT2D eigenvalue weighted by molar-refractivity contribution is 6.04. The molecule has 0 radical (unpaired) electrons. The molecule has 4 aromatic rings. The summed E-state index contributed by atoms with van der Waals surface area (Å²) in [5.41, 5.74) is 6.39. The second-order valence-corrected chi connectivity index (χ2v) is 11.2. The van der Waals surface area contributed by atoms with E-state index in [1.165, 1.54) is 44.0 Å². The molecule has 0 fully saturated rings. The number of likely N-dealkylation sites (N-methyl/N-ethyl adjacent to an activating group) is 2. The van der Waals surface area contributed by atoms with E-state index in [1.54, 1.807) is 0 Å². The number of rotatable bonds is 2. The van der Waals surface area contributed by atoms with E-state index in [0.29, 0.717) is 0 Å². The number of ketones is 1. The molecule has 0 amide bonds. The Morgan fingerprint density at radius 3 is 1.42 bits per heavy atom. The van der Waals surface area contributed by atoms with E-state index in [-0.39, 0.29) is 16.6 Å². The van der Waals surface area contributed by atoms with Gasteiger partial charge in [0.15, 0.2) is 5.78 Å². The molecule has 180 valence electrons. The van der Waals surface area contributed by atoms with Gasteiger partial charge in [0.25, 0.3) is 0 Å². The Balaban J connectivity index is 1.43. The van der Waals surface area contributed by atoms with Gasteiger partial charge in [-0.1, -0.05) is 88.4 Å². The maximum atomic E-state index is 13.6. The third-order valence-corrected chi connectivity index (χ3v) is 8.35. The second kappa shape index (κ2) is 7.57. The number of anilines is 2. The minimum absolute atomic E-state index is 0.0223. The first-order valence-corrected chi connectivity index (χ1v) is 12.6. The lowest BCUT2D eigenvalue weighted by Crippen LogP contribution is -2.26. The Hall–Kier alpha value is -3.85. The fourth-order valence-corrected chi connectivity index (χ4v) is 6.61. The average molecular weight is 473 g/mol. The van der Waals surface area contributed by atoms with Crippen LogP contribution in [0.5, 0.6) is 0 Å². The summed E-state index contributed by atoms with van der Waals surface area (Å²) in [4.78, 5) is 18.0. The molecule has 36 heavy (non-hydrogen) atoms. The van der Waals surface area contributed by atoms with Crippen LogP contribution in [0.1, 0.15) is 38.8 Å². The highest BCUT2D eigenvalue weighted by Gasteiger charge is 2.42. The van der Waals surface area contributed by atoms with Gasteiger partial charge in [0.1, 0.15) is 0 Å². The van der Waals surface area contributed by atoms with E-state index in [2.05, 4.69) is 124 Å². The molecule has 0 aromatic heterocycles. The van der Waals surface area contributed by atoms with Crippen LogP contribution in [0.4, 0.5) is 11.4 Å². The number of carbonyl (C=O) groups is 1. The zero-order valence-electron chi connectivity index (χ0n) is 21.9. The van der Waals surface area contributed by atoms with Crippen LogP contribution in [0.3, 0.4) is 0 Å². The van der Waals surface area contributed by atoms with E-state index in [0.717, 1.165) is 11.4 Å². The second-order valence-electron chi connectivity index (χ2n) is 11.2. The summed E-state index contributed by atoms with van der Waals surface area (Å²) in [6.07, 6.45) is 3.68. The smallest absolute Gasteiger partial charge is 0.182 e. The van der Waals surface area contributed by atoms with Gasteiger partial charge < -0.3 is 9.80 Å². The van der Waals surface area contributed by atoms with Crippen molar-refractivity contribution in [2.75, 3.05) is 23.9 Å². The van der Waals surface area contributed by atoms with Crippen molar-refractivity contribution in [3.8, 4) is 0 Å². The molecule has 6 rings (SSSR count). The first-order chi connectivity index (χ1) is 17.1. The van der Waals surface area contributed by atoms with Gasteiger partial charge in [-0.2, -0.15) is 0 Å².